The number of likely N-dealkylation sites (N-methyl/N-ethyl adjacent to an activating group) is 1. The minimum absolute atomic E-state index is 0.0876. The maximum atomic E-state index is 11.6. The van der Waals surface area contributed by atoms with Crippen molar-refractivity contribution in [1.82, 2.24) is 10.2 Å². The minimum Gasteiger partial charge on any atom is -0.497 e. The Balaban J connectivity index is 2.50. The number of ether oxygens (including phenoxy) is 1. The van der Waals surface area contributed by atoms with Crippen molar-refractivity contribution >= 4 is 11.9 Å². The molecule has 0 saturated carbocycles. The molecule has 2 N–H and O–H groups in total. The van der Waals surface area contributed by atoms with Crippen molar-refractivity contribution in [2.75, 3.05) is 20.2 Å². The molecule has 1 fully saturated rings. The van der Waals surface area contributed by atoms with Gasteiger partial charge in [0, 0.05) is 13.5 Å². The first-order chi connectivity index (χ1) is 8.59. The molecule has 0 unspecified atom stereocenters. The van der Waals surface area contributed by atoms with E-state index in [2.05, 4.69) is 11.9 Å². The van der Waals surface area contributed by atoms with Crippen LogP contribution in [0.15, 0.2) is 12.3 Å². The summed E-state index contributed by atoms with van der Waals surface area (Å²) in [6.07, 6.45) is 5.70. The standard InChI is InChI=1S/C13H23N3O2/c1-11-10-16(2)13(14)15-12(17)8-6-4-3-5-7-9-18-11/h1,3-10H2,2H3,(H2,14,15,17). The smallest absolute Gasteiger partial charge is 0.226 e. The quantitative estimate of drug-likeness (QED) is 0.692. The van der Waals surface area contributed by atoms with Crippen molar-refractivity contribution in [2.45, 2.75) is 38.5 Å². The van der Waals surface area contributed by atoms with Crippen molar-refractivity contribution in [3.8, 4) is 0 Å². The highest BCUT2D eigenvalue weighted by Crippen LogP contribution is 2.08. The predicted octanol–water partition coefficient (Wildman–Crippen LogP) is 1.85. The van der Waals surface area contributed by atoms with Crippen LogP contribution >= 0.6 is 0 Å². The number of guanidine groups is 1. The lowest BCUT2D eigenvalue weighted by Crippen LogP contribution is -2.42. The molecule has 102 valence electrons. The minimum atomic E-state index is -0.0876. The molecule has 0 aromatic rings. The molecule has 5 nitrogen and oxygen atoms in total. The molecule has 1 aliphatic rings. The molecule has 1 amide bonds. The van der Waals surface area contributed by atoms with Gasteiger partial charge < -0.3 is 9.64 Å². The first-order valence-corrected chi connectivity index (χ1v) is 6.49. The van der Waals surface area contributed by atoms with Crippen LogP contribution < -0.4 is 5.32 Å². The van der Waals surface area contributed by atoms with Gasteiger partial charge in [0.25, 0.3) is 0 Å². The van der Waals surface area contributed by atoms with Gasteiger partial charge >= 0.3 is 0 Å². The molecular formula is C13H23N3O2. The molecule has 0 spiro atoms. The van der Waals surface area contributed by atoms with Crippen LogP contribution in [0.3, 0.4) is 0 Å². The summed E-state index contributed by atoms with van der Waals surface area (Å²) in [7, 11) is 1.74. The van der Waals surface area contributed by atoms with Gasteiger partial charge in [-0.05, 0) is 12.8 Å². The van der Waals surface area contributed by atoms with Gasteiger partial charge in [0.1, 0.15) is 5.76 Å². The van der Waals surface area contributed by atoms with E-state index in [0.717, 1.165) is 32.1 Å². The Labute approximate surface area is 109 Å². The highest BCUT2D eigenvalue weighted by Gasteiger charge is 2.11. The lowest BCUT2D eigenvalue weighted by molar-refractivity contribution is -0.120. The number of amides is 1. The van der Waals surface area contributed by atoms with E-state index in [1.807, 2.05) is 0 Å². The van der Waals surface area contributed by atoms with Crippen LogP contribution in [-0.2, 0) is 9.53 Å². The molecular weight excluding hydrogens is 230 g/mol. The lowest BCUT2D eigenvalue weighted by Gasteiger charge is -2.21. The van der Waals surface area contributed by atoms with Crippen LogP contribution in [0.4, 0.5) is 0 Å². The summed E-state index contributed by atoms with van der Waals surface area (Å²) in [4.78, 5) is 13.2. The molecule has 0 aliphatic carbocycles. The Kier molecular flexibility index (Phi) is 6.25. The number of nitrogens with one attached hydrogen (secondary N) is 2. The van der Waals surface area contributed by atoms with E-state index in [1.54, 1.807) is 11.9 Å². The van der Waals surface area contributed by atoms with E-state index >= 15 is 0 Å². The average molecular weight is 253 g/mol. The molecule has 0 aromatic heterocycles. The largest absolute Gasteiger partial charge is 0.497 e. The second-order valence-electron chi connectivity index (χ2n) is 4.66. The topological polar surface area (TPSA) is 65.4 Å². The van der Waals surface area contributed by atoms with E-state index in [4.69, 9.17) is 10.1 Å². The van der Waals surface area contributed by atoms with Crippen LogP contribution in [0.25, 0.3) is 0 Å². The summed E-state index contributed by atoms with van der Waals surface area (Å²) in [5.74, 6) is 0.644. The summed E-state index contributed by atoms with van der Waals surface area (Å²) < 4.78 is 5.49. The lowest BCUT2D eigenvalue weighted by atomic mass is 10.1. The number of carbonyl (C=O) groups excluding carboxylic acids is 1. The highest BCUT2D eigenvalue weighted by molar-refractivity contribution is 5.95. The molecule has 18 heavy (non-hydrogen) atoms. The van der Waals surface area contributed by atoms with Gasteiger partial charge in [-0.25, -0.2) is 0 Å². The Hall–Kier alpha value is -1.52. The fourth-order valence-corrected chi connectivity index (χ4v) is 1.81. The van der Waals surface area contributed by atoms with Gasteiger partial charge in [-0.2, -0.15) is 0 Å². The van der Waals surface area contributed by atoms with E-state index in [-0.39, 0.29) is 11.9 Å². The molecule has 0 atom stereocenters. The molecule has 1 rings (SSSR count). The van der Waals surface area contributed by atoms with Crippen LogP contribution in [0.1, 0.15) is 38.5 Å². The third kappa shape index (κ3) is 5.70. The van der Waals surface area contributed by atoms with E-state index in [1.165, 1.54) is 0 Å². The summed E-state index contributed by atoms with van der Waals surface area (Å²) >= 11 is 0. The molecule has 1 saturated heterocycles. The van der Waals surface area contributed by atoms with Crippen molar-refractivity contribution in [3.05, 3.63) is 12.3 Å². The zero-order chi connectivity index (χ0) is 13.4. The second kappa shape index (κ2) is 7.74. The highest BCUT2D eigenvalue weighted by atomic mass is 16.5. The summed E-state index contributed by atoms with van der Waals surface area (Å²) in [5, 5.41) is 10.3. The van der Waals surface area contributed by atoms with E-state index < -0.39 is 0 Å². The summed E-state index contributed by atoms with van der Waals surface area (Å²) in [6.45, 7) is 4.93. The SMILES string of the molecule is C=C1CN(C)C(=N)NC(=O)CCCCCCCO1. The number of hydrogen-bond donors (Lipinski definition) is 2. The molecule has 0 aromatic carbocycles. The fraction of sp³-hybridized carbons (Fsp3) is 0.692. The molecule has 0 radical (unpaired) electrons. The zero-order valence-corrected chi connectivity index (χ0v) is 11.1. The van der Waals surface area contributed by atoms with Crippen LogP contribution in [0.5, 0.6) is 0 Å². The summed E-state index contributed by atoms with van der Waals surface area (Å²) in [5.41, 5.74) is 0. The van der Waals surface area contributed by atoms with Crippen molar-refractivity contribution in [3.63, 3.8) is 0 Å². The maximum Gasteiger partial charge on any atom is 0.226 e. The van der Waals surface area contributed by atoms with Crippen LogP contribution in [0, 0.1) is 5.41 Å². The Morgan fingerprint density at radius 2 is 1.94 bits per heavy atom. The molecule has 1 heterocycles. The molecule has 5 heteroatoms. The second-order valence-corrected chi connectivity index (χ2v) is 4.66. The molecule has 0 bridgehead atoms. The van der Waals surface area contributed by atoms with E-state index in [9.17, 15) is 4.79 Å². The van der Waals surface area contributed by atoms with Gasteiger partial charge in [-0.3, -0.25) is 15.5 Å². The Morgan fingerprint density at radius 3 is 2.72 bits per heavy atom. The number of carbonyl (C=O) groups is 1. The van der Waals surface area contributed by atoms with Gasteiger partial charge in [-0.1, -0.05) is 25.8 Å². The normalized spacial score (nSPS) is 20.9. The monoisotopic (exact) mass is 253 g/mol. The Morgan fingerprint density at radius 1 is 1.28 bits per heavy atom. The van der Waals surface area contributed by atoms with Gasteiger partial charge in [-0.15, -0.1) is 0 Å². The molecule has 1 aliphatic heterocycles. The predicted molar refractivity (Wildman–Crippen MR) is 71.3 cm³/mol. The van der Waals surface area contributed by atoms with Crippen molar-refractivity contribution in [2.24, 2.45) is 0 Å². The maximum absolute atomic E-state index is 11.6. The fourth-order valence-electron chi connectivity index (χ4n) is 1.81. The third-order valence-corrected chi connectivity index (χ3v) is 2.91. The zero-order valence-electron chi connectivity index (χ0n) is 11.1. The van der Waals surface area contributed by atoms with Crippen molar-refractivity contribution < 1.29 is 9.53 Å². The first-order valence-electron chi connectivity index (χ1n) is 6.49. The third-order valence-electron chi connectivity index (χ3n) is 2.91. The van der Waals surface area contributed by atoms with Crippen LogP contribution in [-0.4, -0.2) is 37.0 Å². The van der Waals surface area contributed by atoms with Gasteiger partial charge in [0.15, 0.2) is 5.96 Å². The summed E-state index contributed by atoms with van der Waals surface area (Å²) in [6, 6.07) is 0. The van der Waals surface area contributed by atoms with Crippen LogP contribution in [0.2, 0.25) is 0 Å². The first kappa shape index (κ1) is 14.5. The van der Waals surface area contributed by atoms with Gasteiger partial charge in [0.05, 0.1) is 13.2 Å². The Bertz CT molecular complexity index is 315. The average Bonchev–Trinajstić information content (AvgIpc) is 2.31. The van der Waals surface area contributed by atoms with Crippen molar-refractivity contribution in [1.29, 1.82) is 5.41 Å². The van der Waals surface area contributed by atoms with Gasteiger partial charge in [0.2, 0.25) is 5.91 Å². The number of nitrogens with zero attached hydrogens (tertiary/aromatic N) is 1. The number of rotatable bonds is 0. The number of hydrogen-bond acceptors (Lipinski definition) is 3. The van der Waals surface area contributed by atoms with E-state index in [0.29, 0.717) is 25.3 Å².